The highest BCUT2D eigenvalue weighted by atomic mass is 16.1. The minimum absolute atomic E-state index is 0.0553. The Morgan fingerprint density at radius 2 is 1.90 bits per heavy atom. The number of anilines is 1. The van der Waals surface area contributed by atoms with Crippen LogP contribution < -0.4 is 11.3 Å². The van der Waals surface area contributed by atoms with E-state index in [1.807, 2.05) is 4.68 Å². The van der Waals surface area contributed by atoms with Crippen LogP contribution in [-0.4, -0.2) is 9.36 Å². The Labute approximate surface area is 120 Å². The molecule has 1 heterocycles. The molecule has 0 amide bonds. The van der Waals surface area contributed by atoms with E-state index >= 15 is 0 Å². The molecule has 0 aliphatic heterocycles. The van der Waals surface area contributed by atoms with Gasteiger partial charge in [0.2, 0.25) is 0 Å². The lowest BCUT2D eigenvalue weighted by molar-refractivity contribution is 0.336. The van der Waals surface area contributed by atoms with Crippen molar-refractivity contribution in [3.8, 4) is 0 Å². The number of rotatable bonds is 5. The Kier molecular flexibility index (Phi) is 3.65. The summed E-state index contributed by atoms with van der Waals surface area (Å²) in [5.74, 6) is 1.18. The van der Waals surface area contributed by atoms with E-state index in [-0.39, 0.29) is 5.56 Å². The molecule has 4 nitrogen and oxygen atoms in total. The van der Waals surface area contributed by atoms with Gasteiger partial charge in [0.1, 0.15) is 5.69 Å². The number of hydrogen-bond acceptors (Lipinski definition) is 2. The third-order valence-electron chi connectivity index (χ3n) is 5.12. The van der Waals surface area contributed by atoms with Crippen molar-refractivity contribution in [2.24, 2.45) is 5.92 Å². The summed E-state index contributed by atoms with van der Waals surface area (Å²) in [4.78, 5) is 12.6. The van der Waals surface area contributed by atoms with Crippen LogP contribution in [0.3, 0.4) is 0 Å². The van der Waals surface area contributed by atoms with Crippen LogP contribution in [0.1, 0.15) is 76.4 Å². The molecule has 3 rings (SSSR count). The molecule has 1 atom stereocenters. The summed E-state index contributed by atoms with van der Waals surface area (Å²) in [6.45, 7) is 5.27. The maximum Gasteiger partial charge on any atom is 0.290 e. The van der Waals surface area contributed by atoms with Gasteiger partial charge in [-0.3, -0.25) is 9.48 Å². The molecular formula is C16H27N3O. The van der Waals surface area contributed by atoms with Crippen molar-refractivity contribution in [3.63, 3.8) is 0 Å². The van der Waals surface area contributed by atoms with Gasteiger partial charge in [-0.05, 0) is 44.9 Å². The maximum atomic E-state index is 12.6. The van der Waals surface area contributed by atoms with Crippen LogP contribution in [0.5, 0.6) is 0 Å². The van der Waals surface area contributed by atoms with Gasteiger partial charge in [0.15, 0.2) is 0 Å². The monoisotopic (exact) mass is 277 g/mol. The average molecular weight is 277 g/mol. The van der Waals surface area contributed by atoms with Crippen LogP contribution in [-0.2, 0) is 6.54 Å². The van der Waals surface area contributed by atoms with Crippen LogP contribution in [0.15, 0.2) is 4.79 Å². The fourth-order valence-corrected chi connectivity index (χ4v) is 3.85. The largest absolute Gasteiger partial charge is 0.393 e. The van der Waals surface area contributed by atoms with E-state index < -0.39 is 0 Å². The number of nitrogen functional groups attached to an aromatic ring is 1. The predicted octanol–water partition coefficient (Wildman–Crippen LogP) is 3.27. The van der Waals surface area contributed by atoms with E-state index in [2.05, 4.69) is 18.5 Å². The zero-order chi connectivity index (χ0) is 14.3. The minimum Gasteiger partial charge on any atom is -0.393 e. The molecule has 2 aliphatic carbocycles. The van der Waals surface area contributed by atoms with E-state index in [9.17, 15) is 4.79 Å². The molecule has 2 aliphatic rings. The number of aromatic nitrogens is 2. The second-order valence-electron chi connectivity index (χ2n) is 6.63. The van der Waals surface area contributed by atoms with Gasteiger partial charge >= 0.3 is 0 Å². The van der Waals surface area contributed by atoms with Crippen LogP contribution >= 0.6 is 0 Å². The van der Waals surface area contributed by atoms with Gasteiger partial charge < -0.3 is 5.73 Å². The van der Waals surface area contributed by atoms with Gasteiger partial charge in [-0.1, -0.05) is 19.8 Å². The maximum absolute atomic E-state index is 12.6. The topological polar surface area (TPSA) is 52.9 Å². The third kappa shape index (κ3) is 2.19. The van der Waals surface area contributed by atoms with Crippen LogP contribution in [0.2, 0.25) is 0 Å². The molecule has 0 saturated heterocycles. The molecule has 2 N–H and O–H groups in total. The van der Waals surface area contributed by atoms with Crippen LogP contribution in [0, 0.1) is 5.92 Å². The first-order valence-corrected chi connectivity index (χ1v) is 8.25. The van der Waals surface area contributed by atoms with Crippen molar-refractivity contribution in [2.75, 3.05) is 5.73 Å². The van der Waals surface area contributed by atoms with Crippen molar-refractivity contribution in [2.45, 2.75) is 77.3 Å². The quantitative estimate of drug-likeness (QED) is 0.898. The highest BCUT2D eigenvalue weighted by molar-refractivity contribution is 5.44. The summed E-state index contributed by atoms with van der Waals surface area (Å²) in [6.07, 6.45) is 8.48. The lowest BCUT2D eigenvalue weighted by Crippen LogP contribution is -2.28. The molecule has 2 saturated carbocycles. The molecule has 1 unspecified atom stereocenters. The second-order valence-corrected chi connectivity index (χ2v) is 6.63. The average Bonchev–Trinajstić information content (AvgIpc) is 3.10. The van der Waals surface area contributed by atoms with E-state index in [0.717, 1.165) is 18.7 Å². The summed E-state index contributed by atoms with van der Waals surface area (Å²) >= 11 is 0. The molecule has 0 aromatic carbocycles. The fraction of sp³-hybridized carbons (Fsp3) is 0.812. The lowest BCUT2D eigenvalue weighted by atomic mass is 10.0. The number of hydrogen-bond donors (Lipinski definition) is 1. The zero-order valence-electron chi connectivity index (χ0n) is 12.8. The first-order valence-electron chi connectivity index (χ1n) is 8.25. The van der Waals surface area contributed by atoms with Gasteiger partial charge in [0.05, 0.1) is 11.7 Å². The van der Waals surface area contributed by atoms with Crippen molar-refractivity contribution in [1.82, 2.24) is 9.36 Å². The van der Waals surface area contributed by atoms with Crippen molar-refractivity contribution in [3.05, 3.63) is 16.0 Å². The Balaban J connectivity index is 2.07. The Bertz CT molecular complexity index is 533. The van der Waals surface area contributed by atoms with Gasteiger partial charge in [0, 0.05) is 12.5 Å². The summed E-state index contributed by atoms with van der Waals surface area (Å²) in [6, 6.07) is 0.298. The predicted molar refractivity (Wildman–Crippen MR) is 82.0 cm³/mol. The molecule has 0 radical (unpaired) electrons. The Hall–Kier alpha value is -1.19. The van der Waals surface area contributed by atoms with Crippen molar-refractivity contribution >= 4 is 5.69 Å². The molecule has 1 aromatic rings. The van der Waals surface area contributed by atoms with E-state index in [4.69, 9.17) is 5.73 Å². The summed E-state index contributed by atoms with van der Waals surface area (Å²) in [7, 11) is 0. The molecular weight excluding hydrogens is 250 g/mol. The van der Waals surface area contributed by atoms with E-state index in [1.165, 1.54) is 38.5 Å². The van der Waals surface area contributed by atoms with Crippen molar-refractivity contribution < 1.29 is 0 Å². The summed E-state index contributed by atoms with van der Waals surface area (Å²) < 4.78 is 4.21. The second kappa shape index (κ2) is 5.30. The number of nitrogens with zero attached hydrogens (tertiary/aromatic N) is 2. The molecule has 112 valence electrons. The Morgan fingerprint density at radius 3 is 2.45 bits per heavy atom. The molecule has 0 spiro atoms. The van der Waals surface area contributed by atoms with Crippen molar-refractivity contribution in [1.29, 1.82) is 0 Å². The normalized spacial score (nSPS) is 21.5. The van der Waals surface area contributed by atoms with Gasteiger partial charge in [-0.15, -0.1) is 0 Å². The molecule has 0 bridgehead atoms. The first-order chi connectivity index (χ1) is 9.65. The first kappa shape index (κ1) is 13.8. The summed E-state index contributed by atoms with van der Waals surface area (Å²) in [5.41, 5.74) is 7.94. The van der Waals surface area contributed by atoms with Crippen LogP contribution in [0.4, 0.5) is 5.69 Å². The Morgan fingerprint density at radius 1 is 1.25 bits per heavy atom. The van der Waals surface area contributed by atoms with E-state index in [0.29, 0.717) is 23.6 Å². The van der Waals surface area contributed by atoms with E-state index in [1.54, 1.807) is 0 Å². The van der Waals surface area contributed by atoms with Gasteiger partial charge in [0.25, 0.3) is 5.56 Å². The fourth-order valence-electron chi connectivity index (χ4n) is 3.85. The summed E-state index contributed by atoms with van der Waals surface area (Å²) in [5, 5.41) is 0. The highest BCUT2D eigenvalue weighted by Crippen LogP contribution is 2.41. The molecule has 2 fully saturated rings. The minimum atomic E-state index is 0.0553. The SMILES string of the molecule is CCCn1c(C2CCCC2)c(N)c(=O)n1C(C)C1CC1. The van der Waals surface area contributed by atoms with Gasteiger partial charge in [-0.25, -0.2) is 4.68 Å². The highest BCUT2D eigenvalue weighted by Gasteiger charge is 2.34. The molecule has 1 aromatic heterocycles. The molecule has 20 heavy (non-hydrogen) atoms. The smallest absolute Gasteiger partial charge is 0.290 e. The number of nitrogens with two attached hydrogens (primary N) is 1. The third-order valence-corrected chi connectivity index (χ3v) is 5.12. The standard InChI is InChI=1S/C16H27N3O/c1-3-10-18-15(13-6-4-5-7-13)14(17)16(20)19(18)11(2)12-8-9-12/h11-13H,3-10,17H2,1-2H3. The van der Waals surface area contributed by atoms with Crippen LogP contribution in [0.25, 0.3) is 0 Å². The molecule has 4 heteroatoms. The van der Waals surface area contributed by atoms with Gasteiger partial charge in [-0.2, -0.15) is 0 Å². The zero-order valence-corrected chi connectivity index (χ0v) is 12.8. The lowest BCUT2D eigenvalue weighted by Gasteiger charge is -2.21.